The largest absolute Gasteiger partial charge is 0.494 e. The van der Waals surface area contributed by atoms with Crippen LogP contribution in [0.15, 0.2) is 41.5 Å². The Labute approximate surface area is 148 Å². The first-order valence-corrected chi connectivity index (χ1v) is 9.04. The van der Waals surface area contributed by atoms with Gasteiger partial charge in [0.15, 0.2) is 0 Å². The Morgan fingerprint density at radius 3 is 2.60 bits per heavy atom. The highest BCUT2D eigenvalue weighted by Gasteiger charge is 2.13. The van der Waals surface area contributed by atoms with E-state index in [1.807, 2.05) is 42.7 Å². The fraction of sp³-hybridized carbons (Fsp3) is 0.429. The molecule has 25 heavy (non-hydrogen) atoms. The molecule has 0 saturated heterocycles. The van der Waals surface area contributed by atoms with E-state index in [1.165, 1.54) is 0 Å². The van der Waals surface area contributed by atoms with Crippen molar-refractivity contribution in [2.45, 2.75) is 46.6 Å². The molecular formula is C21H26N2O2. The van der Waals surface area contributed by atoms with E-state index in [9.17, 15) is 4.79 Å². The highest BCUT2D eigenvalue weighted by molar-refractivity contribution is 6.05. The lowest BCUT2D eigenvalue weighted by molar-refractivity contribution is 0.298. The summed E-state index contributed by atoms with van der Waals surface area (Å²) >= 11 is 0. The summed E-state index contributed by atoms with van der Waals surface area (Å²) in [7, 11) is 0. The van der Waals surface area contributed by atoms with Crippen LogP contribution >= 0.6 is 0 Å². The highest BCUT2D eigenvalue weighted by atomic mass is 16.5. The van der Waals surface area contributed by atoms with Gasteiger partial charge in [0.25, 0.3) is 5.56 Å². The van der Waals surface area contributed by atoms with Crippen molar-refractivity contribution in [1.29, 1.82) is 0 Å². The summed E-state index contributed by atoms with van der Waals surface area (Å²) in [5.74, 6) is 1.50. The number of ether oxygens (including phenoxy) is 1. The zero-order valence-electron chi connectivity index (χ0n) is 15.5. The summed E-state index contributed by atoms with van der Waals surface area (Å²) in [6.07, 6.45) is 5.58. The lowest BCUT2D eigenvalue weighted by Gasteiger charge is -2.17. The second kappa shape index (κ2) is 7.26. The summed E-state index contributed by atoms with van der Waals surface area (Å²) < 4.78 is 7.76. The van der Waals surface area contributed by atoms with Crippen LogP contribution in [0.2, 0.25) is 0 Å². The van der Waals surface area contributed by atoms with Crippen LogP contribution in [0.3, 0.4) is 0 Å². The van der Waals surface area contributed by atoms with Crippen LogP contribution in [-0.2, 0) is 0 Å². The summed E-state index contributed by atoms with van der Waals surface area (Å²) in [5, 5.41) is 2.66. The van der Waals surface area contributed by atoms with Crippen molar-refractivity contribution >= 4 is 21.7 Å². The van der Waals surface area contributed by atoms with Crippen LogP contribution in [0, 0.1) is 5.92 Å². The van der Waals surface area contributed by atoms with Crippen molar-refractivity contribution in [3.8, 4) is 5.75 Å². The van der Waals surface area contributed by atoms with Gasteiger partial charge in [-0.2, -0.15) is 0 Å². The molecule has 0 radical (unpaired) electrons. The molecule has 2 heterocycles. The number of benzene rings is 1. The predicted octanol–water partition coefficient (Wildman–Crippen LogP) is 4.95. The molecular weight excluding hydrogens is 312 g/mol. The standard InChI is InChI=1S/C21H26N2O2/c1-14(2)6-5-11-25-16-7-8-18-17-9-10-22-13-19(17)21(24)23(15(3)4)20(18)12-16/h7-10,12-15H,5-6,11H2,1-4H3. The number of aromatic nitrogens is 2. The van der Waals surface area contributed by atoms with Gasteiger partial charge in [0, 0.05) is 29.9 Å². The number of nitrogens with zero attached hydrogens (tertiary/aromatic N) is 2. The molecule has 0 N–H and O–H groups in total. The van der Waals surface area contributed by atoms with Crippen LogP contribution in [-0.4, -0.2) is 16.2 Å². The number of pyridine rings is 2. The summed E-state index contributed by atoms with van der Waals surface area (Å²) in [4.78, 5) is 17.0. The van der Waals surface area contributed by atoms with E-state index in [2.05, 4.69) is 18.8 Å². The van der Waals surface area contributed by atoms with Gasteiger partial charge in [-0.3, -0.25) is 9.78 Å². The second-order valence-corrected chi connectivity index (χ2v) is 7.25. The Morgan fingerprint density at radius 2 is 1.88 bits per heavy atom. The van der Waals surface area contributed by atoms with Crippen molar-refractivity contribution in [1.82, 2.24) is 9.55 Å². The van der Waals surface area contributed by atoms with E-state index in [0.717, 1.165) is 34.9 Å². The van der Waals surface area contributed by atoms with Gasteiger partial charge in [0.05, 0.1) is 17.5 Å². The van der Waals surface area contributed by atoms with Crippen molar-refractivity contribution in [3.63, 3.8) is 0 Å². The van der Waals surface area contributed by atoms with Crippen LogP contribution in [0.5, 0.6) is 5.75 Å². The van der Waals surface area contributed by atoms with Crippen molar-refractivity contribution < 1.29 is 4.74 Å². The molecule has 0 bridgehead atoms. The first kappa shape index (κ1) is 17.5. The average molecular weight is 338 g/mol. The zero-order chi connectivity index (χ0) is 18.0. The number of rotatable bonds is 6. The van der Waals surface area contributed by atoms with Gasteiger partial charge in [-0.1, -0.05) is 13.8 Å². The monoisotopic (exact) mass is 338 g/mol. The molecule has 0 spiro atoms. The number of hydrogen-bond acceptors (Lipinski definition) is 3. The van der Waals surface area contributed by atoms with E-state index >= 15 is 0 Å². The molecule has 0 amide bonds. The maximum absolute atomic E-state index is 12.9. The first-order chi connectivity index (χ1) is 12.0. The maximum atomic E-state index is 12.9. The Hall–Kier alpha value is -2.36. The molecule has 0 aliphatic rings. The molecule has 0 aliphatic carbocycles. The first-order valence-electron chi connectivity index (χ1n) is 9.04. The van der Waals surface area contributed by atoms with Gasteiger partial charge in [-0.25, -0.2) is 0 Å². The molecule has 4 nitrogen and oxygen atoms in total. The number of hydrogen-bond donors (Lipinski definition) is 0. The fourth-order valence-electron chi connectivity index (χ4n) is 3.26. The molecule has 2 aromatic heterocycles. The molecule has 4 heteroatoms. The van der Waals surface area contributed by atoms with Crippen molar-refractivity contribution in [3.05, 3.63) is 47.0 Å². The molecule has 0 aliphatic heterocycles. The maximum Gasteiger partial charge on any atom is 0.260 e. The van der Waals surface area contributed by atoms with Gasteiger partial charge in [0.2, 0.25) is 0 Å². The Kier molecular flexibility index (Phi) is 5.07. The number of fused-ring (bicyclic) bond motifs is 3. The Bertz CT molecular complexity index is 942. The highest BCUT2D eigenvalue weighted by Crippen LogP contribution is 2.28. The van der Waals surface area contributed by atoms with Crippen LogP contribution in [0.1, 0.15) is 46.6 Å². The lowest BCUT2D eigenvalue weighted by atomic mass is 10.1. The quantitative estimate of drug-likeness (QED) is 0.472. The van der Waals surface area contributed by atoms with E-state index in [1.54, 1.807) is 12.4 Å². The smallest absolute Gasteiger partial charge is 0.260 e. The zero-order valence-corrected chi connectivity index (χ0v) is 15.5. The van der Waals surface area contributed by atoms with E-state index < -0.39 is 0 Å². The molecule has 0 unspecified atom stereocenters. The molecule has 0 atom stereocenters. The molecule has 0 saturated carbocycles. The second-order valence-electron chi connectivity index (χ2n) is 7.25. The van der Waals surface area contributed by atoms with E-state index in [-0.39, 0.29) is 11.6 Å². The van der Waals surface area contributed by atoms with Gasteiger partial charge in [-0.05, 0) is 56.2 Å². The minimum Gasteiger partial charge on any atom is -0.494 e. The third kappa shape index (κ3) is 3.53. The van der Waals surface area contributed by atoms with Crippen LogP contribution in [0.4, 0.5) is 0 Å². The topological polar surface area (TPSA) is 44.1 Å². The van der Waals surface area contributed by atoms with Crippen molar-refractivity contribution in [2.24, 2.45) is 5.92 Å². The minimum atomic E-state index is 0.00237. The lowest BCUT2D eigenvalue weighted by Crippen LogP contribution is -2.22. The summed E-state index contributed by atoms with van der Waals surface area (Å²) in [6.45, 7) is 9.19. The molecule has 0 fully saturated rings. The van der Waals surface area contributed by atoms with Crippen LogP contribution < -0.4 is 10.3 Å². The summed E-state index contributed by atoms with van der Waals surface area (Å²) in [6, 6.07) is 8.01. The van der Waals surface area contributed by atoms with Gasteiger partial charge < -0.3 is 9.30 Å². The normalized spacial score (nSPS) is 11.8. The Balaban J connectivity index is 2.07. The Morgan fingerprint density at radius 1 is 1.08 bits per heavy atom. The van der Waals surface area contributed by atoms with Crippen molar-refractivity contribution in [2.75, 3.05) is 6.61 Å². The third-order valence-electron chi connectivity index (χ3n) is 4.50. The SMILES string of the molecule is CC(C)CCCOc1ccc2c3ccncc3c(=O)n(C(C)C)c2c1. The minimum absolute atomic E-state index is 0.00237. The van der Waals surface area contributed by atoms with E-state index in [0.29, 0.717) is 17.9 Å². The average Bonchev–Trinajstić information content (AvgIpc) is 2.58. The van der Waals surface area contributed by atoms with Crippen LogP contribution in [0.25, 0.3) is 21.7 Å². The molecule has 1 aromatic carbocycles. The van der Waals surface area contributed by atoms with Gasteiger partial charge in [-0.15, -0.1) is 0 Å². The van der Waals surface area contributed by atoms with E-state index in [4.69, 9.17) is 4.74 Å². The fourth-order valence-corrected chi connectivity index (χ4v) is 3.26. The van der Waals surface area contributed by atoms with Gasteiger partial charge >= 0.3 is 0 Å². The predicted molar refractivity (Wildman–Crippen MR) is 103 cm³/mol. The molecule has 3 aromatic rings. The third-order valence-corrected chi connectivity index (χ3v) is 4.50. The molecule has 3 rings (SSSR count). The van der Waals surface area contributed by atoms with Gasteiger partial charge in [0.1, 0.15) is 5.75 Å². The molecule has 132 valence electrons. The summed E-state index contributed by atoms with van der Waals surface area (Å²) in [5.41, 5.74) is 0.919.